The lowest BCUT2D eigenvalue weighted by Gasteiger charge is -2.33. The molecular weight excluding hydrogens is 232 g/mol. The van der Waals surface area contributed by atoms with Crippen LogP contribution in [0.4, 0.5) is 5.82 Å². The van der Waals surface area contributed by atoms with E-state index < -0.39 is 5.97 Å². The first-order chi connectivity index (χ1) is 8.60. The van der Waals surface area contributed by atoms with Gasteiger partial charge in [0.2, 0.25) is 0 Å². The maximum atomic E-state index is 11.0. The first kappa shape index (κ1) is 12.8. The lowest BCUT2D eigenvalue weighted by atomic mass is 10.1. The number of carboxylic acids is 1. The minimum atomic E-state index is -0.915. The maximum Gasteiger partial charge on any atom is 0.335 e. The van der Waals surface area contributed by atoms with Crippen molar-refractivity contribution in [2.24, 2.45) is 0 Å². The first-order valence-electron chi connectivity index (χ1n) is 6.10. The fourth-order valence-electron chi connectivity index (χ4n) is 2.28. The second-order valence-electron chi connectivity index (χ2n) is 4.61. The standard InChI is InChI=1S/C13H18N2O3/c1-9-6-10(13(16)17)7-12(14-9)15-5-3-4-11(8-15)18-2/h6-7,11H,3-5,8H2,1-2H3,(H,16,17). The van der Waals surface area contributed by atoms with Gasteiger partial charge in [0.15, 0.2) is 0 Å². The number of hydrogen-bond donors (Lipinski definition) is 1. The summed E-state index contributed by atoms with van der Waals surface area (Å²) in [6, 6.07) is 3.22. The molecule has 2 rings (SSSR count). The Morgan fingerprint density at radius 3 is 3.00 bits per heavy atom. The van der Waals surface area contributed by atoms with Crippen LogP contribution in [0.1, 0.15) is 28.9 Å². The van der Waals surface area contributed by atoms with E-state index in [1.54, 1.807) is 19.2 Å². The Labute approximate surface area is 106 Å². The van der Waals surface area contributed by atoms with Crippen molar-refractivity contribution >= 4 is 11.8 Å². The Morgan fingerprint density at radius 2 is 2.33 bits per heavy atom. The Bertz CT molecular complexity index is 448. The molecule has 1 N–H and O–H groups in total. The van der Waals surface area contributed by atoms with Crippen LogP contribution in [0.5, 0.6) is 0 Å². The topological polar surface area (TPSA) is 62.7 Å². The fourth-order valence-corrected chi connectivity index (χ4v) is 2.28. The summed E-state index contributed by atoms with van der Waals surface area (Å²) in [5.74, 6) is -0.184. The molecule has 0 spiro atoms. The van der Waals surface area contributed by atoms with Crippen molar-refractivity contribution in [3.63, 3.8) is 0 Å². The van der Waals surface area contributed by atoms with Crippen molar-refractivity contribution in [1.82, 2.24) is 4.98 Å². The Hall–Kier alpha value is -1.62. The highest BCUT2D eigenvalue weighted by Crippen LogP contribution is 2.21. The zero-order valence-electron chi connectivity index (χ0n) is 10.7. The minimum Gasteiger partial charge on any atom is -0.478 e. The van der Waals surface area contributed by atoms with Crippen LogP contribution in [0.25, 0.3) is 0 Å². The van der Waals surface area contributed by atoms with Crippen molar-refractivity contribution in [2.75, 3.05) is 25.1 Å². The second kappa shape index (κ2) is 5.35. The SMILES string of the molecule is COC1CCCN(c2cc(C(=O)O)cc(C)n2)C1. The van der Waals surface area contributed by atoms with Crippen LogP contribution in [0.2, 0.25) is 0 Å². The van der Waals surface area contributed by atoms with Gasteiger partial charge in [-0.05, 0) is 31.9 Å². The summed E-state index contributed by atoms with van der Waals surface area (Å²) < 4.78 is 5.37. The van der Waals surface area contributed by atoms with Crippen molar-refractivity contribution in [1.29, 1.82) is 0 Å². The number of piperidine rings is 1. The fraction of sp³-hybridized carbons (Fsp3) is 0.538. The van der Waals surface area contributed by atoms with Gasteiger partial charge in [0, 0.05) is 25.9 Å². The molecule has 0 aliphatic carbocycles. The van der Waals surface area contributed by atoms with Crippen LogP contribution in [-0.2, 0) is 4.74 Å². The van der Waals surface area contributed by atoms with E-state index in [-0.39, 0.29) is 11.7 Å². The predicted octanol–water partition coefficient (Wildman–Crippen LogP) is 1.70. The molecule has 98 valence electrons. The Morgan fingerprint density at radius 1 is 1.56 bits per heavy atom. The third kappa shape index (κ3) is 2.79. The van der Waals surface area contributed by atoms with E-state index in [1.165, 1.54) is 0 Å². The second-order valence-corrected chi connectivity index (χ2v) is 4.61. The molecule has 1 saturated heterocycles. The molecule has 1 aliphatic rings. The number of methoxy groups -OCH3 is 1. The number of rotatable bonds is 3. The third-order valence-corrected chi connectivity index (χ3v) is 3.22. The summed E-state index contributed by atoms with van der Waals surface area (Å²) in [7, 11) is 1.71. The molecule has 0 radical (unpaired) electrons. The van der Waals surface area contributed by atoms with Gasteiger partial charge in [-0.15, -0.1) is 0 Å². The van der Waals surface area contributed by atoms with Gasteiger partial charge in [-0.2, -0.15) is 0 Å². The van der Waals surface area contributed by atoms with Crippen molar-refractivity contribution < 1.29 is 14.6 Å². The van der Waals surface area contributed by atoms with Crippen LogP contribution in [0.15, 0.2) is 12.1 Å². The maximum absolute atomic E-state index is 11.0. The van der Waals surface area contributed by atoms with Gasteiger partial charge in [-0.1, -0.05) is 0 Å². The molecule has 1 aromatic rings. The van der Waals surface area contributed by atoms with E-state index in [1.807, 2.05) is 6.92 Å². The molecule has 0 amide bonds. The monoisotopic (exact) mass is 250 g/mol. The average molecular weight is 250 g/mol. The van der Waals surface area contributed by atoms with Gasteiger partial charge in [-0.3, -0.25) is 0 Å². The highest BCUT2D eigenvalue weighted by molar-refractivity contribution is 5.88. The summed E-state index contributed by atoms with van der Waals surface area (Å²) in [5.41, 5.74) is 1.02. The summed E-state index contributed by atoms with van der Waals surface area (Å²) >= 11 is 0. The third-order valence-electron chi connectivity index (χ3n) is 3.22. The lowest BCUT2D eigenvalue weighted by molar-refractivity contribution is 0.0696. The van der Waals surface area contributed by atoms with Crippen LogP contribution in [0.3, 0.4) is 0 Å². The van der Waals surface area contributed by atoms with Gasteiger partial charge in [0.25, 0.3) is 0 Å². The van der Waals surface area contributed by atoms with E-state index in [9.17, 15) is 4.79 Å². The summed E-state index contributed by atoms with van der Waals surface area (Å²) in [6.07, 6.45) is 2.29. The van der Waals surface area contributed by atoms with Crippen LogP contribution in [0, 0.1) is 6.92 Å². The number of anilines is 1. The van der Waals surface area contributed by atoms with Gasteiger partial charge < -0.3 is 14.7 Å². The normalized spacial score (nSPS) is 19.9. The number of aromatic nitrogens is 1. The number of aromatic carboxylic acids is 1. The molecule has 1 aromatic heterocycles. The number of ether oxygens (including phenoxy) is 1. The lowest BCUT2D eigenvalue weighted by Crippen LogP contribution is -2.39. The summed E-state index contributed by atoms with van der Waals surface area (Å²) in [5, 5.41) is 9.06. The van der Waals surface area contributed by atoms with Gasteiger partial charge in [0.1, 0.15) is 5.82 Å². The molecule has 2 heterocycles. The van der Waals surface area contributed by atoms with Gasteiger partial charge in [-0.25, -0.2) is 9.78 Å². The van der Waals surface area contributed by atoms with Crippen molar-refractivity contribution in [2.45, 2.75) is 25.9 Å². The van der Waals surface area contributed by atoms with Crippen LogP contribution >= 0.6 is 0 Å². The molecule has 0 aromatic carbocycles. The minimum absolute atomic E-state index is 0.203. The highest BCUT2D eigenvalue weighted by Gasteiger charge is 2.21. The Balaban J connectivity index is 2.24. The van der Waals surface area contributed by atoms with Gasteiger partial charge in [0.05, 0.1) is 11.7 Å². The summed E-state index contributed by atoms with van der Waals surface area (Å²) in [4.78, 5) is 17.5. The number of pyridine rings is 1. The average Bonchev–Trinajstić information content (AvgIpc) is 2.38. The van der Waals surface area contributed by atoms with Crippen molar-refractivity contribution in [3.05, 3.63) is 23.4 Å². The molecule has 1 aliphatic heterocycles. The van der Waals surface area contributed by atoms with E-state index >= 15 is 0 Å². The first-order valence-corrected chi connectivity index (χ1v) is 6.10. The highest BCUT2D eigenvalue weighted by atomic mass is 16.5. The molecule has 18 heavy (non-hydrogen) atoms. The largest absolute Gasteiger partial charge is 0.478 e. The number of carbonyl (C=O) groups is 1. The zero-order chi connectivity index (χ0) is 13.1. The van der Waals surface area contributed by atoms with E-state index in [2.05, 4.69) is 9.88 Å². The molecular formula is C13H18N2O3. The number of hydrogen-bond acceptors (Lipinski definition) is 4. The zero-order valence-corrected chi connectivity index (χ0v) is 10.7. The van der Waals surface area contributed by atoms with E-state index in [0.717, 1.165) is 37.4 Å². The van der Waals surface area contributed by atoms with Crippen molar-refractivity contribution in [3.8, 4) is 0 Å². The molecule has 0 saturated carbocycles. The molecule has 1 unspecified atom stereocenters. The molecule has 0 bridgehead atoms. The molecule has 5 nitrogen and oxygen atoms in total. The van der Waals surface area contributed by atoms with Gasteiger partial charge >= 0.3 is 5.97 Å². The van der Waals surface area contributed by atoms with Crippen LogP contribution < -0.4 is 4.90 Å². The number of carboxylic acid groups (broad SMARTS) is 1. The van der Waals surface area contributed by atoms with Crippen LogP contribution in [-0.4, -0.2) is 42.4 Å². The predicted molar refractivity (Wildman–Crippen MR) is 68.2 cm³/mol. The number of aryl methyl sites for hydroxylation is 1. The quantitative estimate of drug-likeness (QED) is 0.884. The summed E-state index contributed by atoms with van der Waals surface area (Å²) in [6.45, 7) is 3.48. The number of nitrogens with zero attached hydrogens (tertiary/aromatic N) is 2. The molecule has 1 atom stereocenters. The smallest absolute Gasteiger partial charge is 0.335 e. The van der Waals surface area contributed by atoms with E-state index in [0.29, 0.717) is 0 Å². The molecule has 5 heteroatoms. The van der Waals surface area contributed by atoms with E-state index in [4.69, 9.17) is 9.84 Å². The molecule has 1 fully saturated rings. The Kier molecular flexibility index (Phi) is 3.81.